The van der Waals surface area contributed by atoms with E-state index in [0.717, 1.165) is 6.20 Å². The lowest BCUT2D eigenvalue weighted by Crippen LogP contribution is -2.42. The molecular formula is C12H20N4O4. The van der Waals surface area contributed by atoms with Crippen LogP contribution in [0, 0.1) is 10.1 Å². The highest BCUT2D eigenvalue weighted by Crippen LogP contribution is 2.13. The number of nitro groups is 1. The number of rotatable bonds is 8. The molecule has 0 atom stereocenters. The Labute approximate surface area is 116 Å². The average molecular weight is 284 g/mol. The molecule has 2 N–H and O–H groups in total. The number of carbonyl (C=O) groups excluding carboxylic acids is 1. The van der Waals surface area contributed by atoms with E-state index in [1.807, 2.05) is 13.8 Å². The normalized spacial score (nSPS) is 11.3. The molecule has 0 unspecified atom stereocenters. The summed E-state index contributed by atoms with van der Waals surface area (Å²) in [6, 6.07) is 0. The molecule has 0 fully saturated rings. The number of hydrogen-bond donors (Lipinski definition) is 2. The molecule has 0 aliphatic rings. The van der Waals surface area contributed by atoms with Crippen molar-refractivity contribution in [2.75, 3.05) is 6.54 Å². The van der Waals surface area contributed by atoms with Crippen molar-refractivity contribution in [2.45, 2.75) is 45.3 Å². The van der Waals surface area contributed by atoms with Crippen LogP contribution in [0.1, 0.15) is 33.1 Å². The summed E-state index contributed by atoms with van der Waals surface area (Å²) >= 11 is 0. The van der Waals surface area contributed by atoms with Gasteiger partial charge in [0.2, 0.25) is 5.91 Å². The SMILES string of the molecule is CCC(O)(CC)CNC(=O)CCn1cc([N+](=O)[O-])cn1. The van der Waals surface area contributed by atoms with Gasteiger partial charge in [-0.1, -0.05) is 13.8 Å². The van der Waals surface area contributed by atoms with Gasteiger partial charge in [0.05, 0.1) is 10.5 Å². The third-order valence-electron chi connectivity index (χ3n) is 3.33. The van der Waals surface area contributed by atoms with Gasteiger partial charge in [-0.15, -0.1) is 0 Å². The third kappa shape index (κ3) is 4.61. The van der Waals surface area contributed by atoms with Gasteiger partial charge in [-0.25, -0.2) is 0 Å². The lowest BCUT2D eigenvalue weighted by molar-refractivity contribution is -0.385. The fraction of sp³-hybridized carbons (Fsp3) is 0.667. The third-order valence-corrected chi connectivity index (χ3v) is 3.33. The van der Waals surface area contributed by atoms with Crippen molar-refractivity contribution in [1.82, 2.24) is 15.1 Å². The van der Waals surface area contributed by atoms with Crippen LogP contribution in [0.3, 0.4) is 0 Å². The van der Waals surface area contributed by atoms with Crippen molar-refractivity contribution in [3.05, 3.63) is 22.5 Å². The summed E-state index contributed by atoms with van der Waals surface area (Å²) < 4.78 is 1.35. The molecule has 0 radical (unpaired) electrons. The molecule has 0 aromatic carbocycles. The van der Waals surface area contributed by atoms with Crippen LogP contribution in [0.25, 0.3) is 0 Å². The van der Waals surface area contributed by atoms with Gasteiger partial charge in [-0.3, -0.25) is 19.6 Å². The molecule has 1 aromatic rings. The fourth-order valence-corrected chi connectivity index (χ4v) is 1.64. The Morgan fingerprint density at radius 1 is 1.55 bits per heavy atom. The summed E-state index contributed by atoms with van der Waals surface area (Å²) in [5, 5.41) is 27.0. The average Bonchev–Trinajstić information content (AvgIpc) is 2.91. The van der Waals surface area contributed by atoms with E-state index in [4.69, 9.17) is 0 Å². The Morgan fingerprint density at radius 2 is 2.20 bits per heavy atom. The van der Waals surface area contributed by atoms with Crippen LogP contribution >= 0.6 is 0 Å². The van der Waals surface area contributed by atoms with Crippen molar-refractivity contribution >= 4 is 11.6 Å². The summed E-state index contributed by atoms with van der Waals surface area (Å²) in [5.74, 6) is -0.219. The van der Waals surface area contributed by atoms with E-state index in [0.29, 0.717) is 12.8 Å². The van der Waals surface area contributed by atoms with Gasteiger partial charge < -0.3 is 10.4 Å². The second-order valence-corrected chi connectivity index (χ2v) is 4.68. The van der Waals surface area contributed by atoms with Gasteiger partial charge in [-0.2, -0.15) is 5.10 Å². The van der Waals surface area contributed by atoms with Gasteiger partial charge in [0, 0.05) is 19.5 Å². The second kappa shape index (κ2) is 6.99. The van der Waals surface area contributed by atoms with E-state index < -0.39 is 10.5 Å². The standard InChI is InChI=1S/C12H20N4O4/c1-3-12(18,4-2)9-13-11(17)5-6-15-8-10(7-14-15)16(19)20/h7-8,18H,3-6,9H2,1-2H3,(H,13,17). The van der Waals surface area contributed by atoms with Gasteiger partial charge >= 0.3 is 5.69 Å². The largest absolute Gasteiger partial charge is 0.388 e. The molecule has 1 rings (SSSR count). The Morgan fingerprint density at radius 3 is 2.70 bits per heavy atom. The minimum atomic E-state index is -0.875. The first-order valence-corrected chi connectivity index (χ1v) is 6.56. The summed E-state index contributed by atoms with van der Waals surface area (Å²) in [4.78, 5) is 21.6. The highest BCUT2D eigenvalue weighted by molar-refractivity contribution is 5.75. The summed E-state index contributed by atoms with van der Waals surface area (Å²) in [6.07, 6.45) is 3.71. The van der Waals surface area contributed by atoms with Crippen molar-refractivity contribution in [3.63, 3.8) is 0 Å². The number of amides is 1. The van der Waals surface area contributed by atoms with E-state index in [1.54, 1.807) is 0 Å². The molecule has 1 aromatic heterocycles. The molecule has 0 aliphatic heterocycles. The zero-order valence-corrected chi connectivity index (χ0v) is 11.7. The predicted molar refractivity (Wildman–Crippen MR) is 72.0 cm³/mol. The molecule has 0 saturated carbocycles. The number of aromatic nitrogens is 2. The number of nitrogens with zero attached hydrogens (tertiary/aromatic N) is 3. The van der Waals surface area contributed by atoms with Crippen LogP contribution < -0.4 is 5.32 Å². The number of carbonyl (C=O) groups is 1. The Kier molecular flexibility index (Phi) is 5.63. The van der Waals surface area contributed by atoms with Gasteiger partial charge in [0.1, 0.15) is 12.4 Å². The van der Waals surface area contributed by atoms with E-state index in [-0.39, 0.29) is 31.1 Å². The minimum absolute atomic E-state index is 0.100. The maximum absolute atomic E-state index is 11.6. The topological polar surface area (TPSA) is 110 Å². The van der Waals surface area contributed by atoms with Gasteiger partial charge in [0.25, 0.3) is 0 Å². The Balaban J connectivity index is 2.37. The number of aryl methyl sites for hydroxylation is 1. The Hall–Kier alpha value is -1.96. The monoisotopic (exact) mass is 284 g/mol. The predicted octanol–water partition coefficient (Wildman–Crippen LogP) is 0.849. The van der Waals surface area contributed by atoms with Crippen LogP contribution in [0.15, 0.2) is 12.4 Å². The van der Waals surface area contributed by atoms with E-state index in [1.165, 1.54) is 10.9 Å². The zero-order valence-electron chi connectivity index (χ0n) is 11.7. The summed E-state index contributed by atoms with van der Waals surface area (Å²) in [7, 11) is 0. The molecule has 8 heteroatoms. The zero-order chi connectivity index (χ0) is 15.2. The maximum Gasteiger partial charge on any atom is 0.306 e. The second-order valence-electron chi connectivity index (χ2n) is 4.68. The minimum Gasteiger partial charge on any atom is -0.388 e. The molecule has 8 nitrogen and oxygen atoms in total. The quantitative estimate of drug-likeness (QED) is 0.543. The molecule has 20 heavy (non-hydrogen) atoms. The molecule has 112 valence electrons. The highest BCUT2D eigenvalue weighted by atomic mass is 16.6. The van der Waals surface area contributed by atoms with Crippen molar-refractivity contribution in [3.8, 4) is 0 Å². The molecule has 0 aliphatic carbocycles. The van der Waals surface area contributed by atoms with E-state index in [9.17, 15) is 20.0 Å². The van der Waals surface area contributed by atoms with E-state index >= 15 is 0 Å². The van der Waals surface area contributed by atoms with Crippen LogP contribution in [0.2, 0.25) is 0 Å². The van der Waals surface area contributed by atoms with Gasteiger partial charge in [0.15, 0.2) is 0 Å². The van der Waals surface area contributed by atoms with Crippen LogP contribution in [-0.4, -0.2) is 37.9 Å². The van der Waals surface area contributed by atoms with Gasteiger partial charge in [-0.05, 0) is 12.8 Å². The Bertz CT molecular complexity index is 468. The first kappa shape index (κ1) is 16.1. The van der Waals surface area contributed by atoms with Crippen molar-refractivity contribution in [2.24, 2.45) is 0 Å². The van der Waals surface area contributed by atoms with Crippen molar-refractivity contribution < 1.29 is 14.8 Å². The number of hydrogen-bond acceptors (Lipinski definition) is 5. The van der Waals surface area contributed by atoms with Crippen LogP contribution in [-0.2, 0) is 11.3 Å². The molecule has 0 spiro atoms. The fourth-order valence-electron chi connectivity index (χ4n) is 1.64. The first-order chi connectivity index (χ1) is 9.40. The van der Waals surface area contributed by atoms with E-state index in [2.05, 4.69) is 10.4 Å². The molecule has 1 heterocycles. The summed E-state index contributed by atoms with van der Waals surface area (Å²) in [6.45, 7) is 4.19. The lowest BCUT2D eigenvalue weighted by Gasteiger charge is -2.25. The first-order valence-electron chi connectivity index (χ1n) is 6.56. The maximum atomic E-state index is 11.6. The van der Waals surface area contributed by atoms with Crippen LogP contribution in [0.4, 0.5) is 5.69 Å². The van der Waals surface area contributed by atoms with Crippen LogP contribution in [0.5, 0.6) is 0 Å². The molecule has 1 amide bonds. The van der Waals surface area contributed by atoms with Crippen molar-refractivity contribution in [1.29, 1.82) is 0 Å². The number of aliphatic hydroxyl groups is 1. The smallest absolute Gasteiger partial charge is 0.306 e. The highest BCUT2D eigenvalue weighted by Gasteiger charge is 2.22. The summed E-state index contributed by atoms with van der Waals surface area (Å²) in [5.41, 5.74) is -0.975. The molecule has 0 bridgehead atoms. The molecule has 0 saturated heterocycles. The molecular weight excluding hydrogens is 264 g/mol. The lowest BCUT2D eigenvalue weighted by atomic mass is 9.97. The number of nitrogens with one attached hydrogen (secondary N) is 1.